The molecule has 1 aromatic rings. The fourth-order valence-corrected chi connectivity index (χ4v) is 1.90. The first-order valence-corrected chi connectivity index (χ1v) is 5.10. The number of aromatic nitrogens is 1. The monoisotopic (exact) mass is 191 g/mol. The minimum absolute atomic E-state index is 0.403. The molecule has 0 aliphatic heterocycles. The Morgan fingerprint density at radius 1 is 1.50 bits per heavy atom. The largest absolute Gasteiger partial charge is 0.228 e. The Hall–Kier alpha value is -1.18. The number of hydrogen-bond acceptors (Lipinski definition) is 1. The fraction of sp³-hybridized carbons (Fsp3) is 0.417. The van der Waals surface area contributed by atoms with E-state index in [1.165, 1.54) is 18.1 Å². The summed E-state index contributed by atoms with van der Waals surface area (Å²) in [5.74, 6) is 0.370. The van der Waals surface area contributed by atoms with Crippen LogP contribution in [0.25, 0.3) is 5.57 Å². The van der Waals surface area contributed by atoms with Gasteiger partial charge in [0.2, 0.25) is 5.95 Å². The van der Waals surface area contributed by atoms with Crippen molar-refractivity contribution < 1.29 is 4.39 Å². The molecule has 0 aromatic carbocycles. The number of allylic oxidation sites excluding steroid dienone is 2. The van der Waals surface area contributed by atoms with Crippen LogP contribution in [-0.2, 0) is 0 Å². The maximum atomic E-state index is 12.6. The molecule has 1 aliphatic carbocycles. The molecule has 0 fully saturated rings. The number of rotatable bonds is 2. The molecular weight excluding hydrogens is 177 g/mol. The zero-order valence-electron chi connectivity index (χ0n) is 8.33. The van der Waals surface area contributed by atoms with Gasteiger partial charge >= 0.3 is 0 Å². The number of pyridine rings is 1. The highest BCUT2D eigenvalue weighted by atomic mass is 19.1. The van der Waals surface area contributed by atoms with Gasteiger partial charge in [0.25, 0.3) is 0 Å². The van der Waals surface area contributed by atoms with Crippen LogP contribution in [0.5, 0.6) is 0 Å². The first kappa shape index (κ1) is 9.38. The van der Waals surface area contributed by atoms with E-state index in [2.05, 4.69) is 18.0 Å². The summed E-state index contributed by atoms with van der Waals surface area (Å²) >= 11 is 0. The molecule has 2 heteroatoms. The lowest BCUT2D eigenvalue weighted by atomic mass is 10.0. The van der Waals surface area contributed by atoms with Gasteiger partial charge in [-0.1, -0.05) is 19.4 Å². The molecule has 1 nitrogen and oxygen atoms in total. The van der Waals surface area contributed by atoms with Crippen LogP contribution in [0.15, 0.2) is 24.4 Å². The molecule has 1 atom stereocenters. The Kier molecular flexibility index (Phi) is 2.62. The topological polar surface area (TPSA) is 12.9 Å². The Morgan fingerprint density at radius 3 is 2.93 bits per heavy atom. The van der Waals surface area contributed by atoms with Gasteiger partial charge in [0.05, 0.1) is 0 Å². The number of hydrogen-bond donors (Lipinski definition) is 0. The Bertz CT molecular complexity index is 340. The Morgan fingerprint density at radius 2 is 2.36 bits per heavy atom. The third kappa shape index (κ3) is 1.84. The van der Waals surface area contributed by atoms with E-state index >= 15 is 0 Å². The predicted molar refractivity (Wildman–Crippen MR) is 55.2 cm³/mol. The second-order valence-corrected chi connectivity index (χ2v) is 3.81. The summed E-state index contributed by atoms with van der Waals surface area (Å²) in [7, 11) is 0. The average Bonchev–Trinajstić information content (AvgIpc) is 2.67. The summed E-state index contributed by atoms with van der Waals surface area (Å²) in [4.78, 5) is 3.67. The van der Waals surface area contributed by atoms with Crippen molar-refractivity contribution in [1.29, 1.82) is 0 Å². The molecule has 1 heterocycles. The van der Waals surface area contributed by atoms with Crippen molar-refractivity contribution in [2.24, 2.45) is 5.92 Å². The van der Waals surface area contributed by atoms with Crippen molar-refractivity contribution in [3.63, 3.8) is 0 Å². The SMILES string of the molecule is CCC1CC=C(c2ccc(F)nc2)C1. The maximum Gasteiger partial charge on any atom is 0.212 e. The van der Waals surface area contributed by atoms with Gasteiger partial charge in [-0.3, -0.25) is 0 Å². The van der Waals surface area contributed by atoms with Gasteiger partial charge in [0.15, 0.2) is 0 Å². The molecular formula is C12H14FN. The lowest BCUT2D eigenvalue weighted by Crippen LogP contribution is -1.92. The van der Waals surface area contributed by atoms with Gasteiger partial charge in [0.1, 0.15) is 0 Å². The smallest absolute Gasteiger partial charge is 0.212 e. The van der Waals surface area contributed by atoms with Crippen LogP contribution < -0.4 is 0 Å². The third-order valence-electron chi connectivity index (χ3n) is 2.88. The molecule has 2 rings (SSSR count). The maximum absolute atomic E-state index is 12.6. The molecule has 0 bridgehead atoms. The fourth-order valence-electron chi connectivity index (χ4n) is 1.90. The minimum Gasteiger partial charge on any atom is -0.228 e. The summed E-state index contributed by atoms with van der Waals surface area (Å²) in [6.07, 6.45) is 7.37. The molecule has 1 unspecified atom stereocenters. The molecule has 14 heavy (non-hydrogen) atoms. The Labute approximate surface area is 83.7 Å². The molecule has 0 saturated heterocycles. The van der Waals surface area contributed by atoms with E-state index in [4.69, 9.17) is 0 Å². The van der Waals surface area contributed by atoms with Crippen LogP contribution in [0, 0.1) is 11.9 Å². The molecule has 1 aromatic heterocycles. The van der Waals surface area contributed by atoms with E-state index < -0.39 is 5.95 Å². The van der Waals surface area contributed by atoms with Gasteiger partial charge < -0.3 is 0 Å². The summed E-state index contributed by atoms with van der Waals surface area (Å²) in [5, 5.41) is 0. The summed E-state index contributed by atoms with van der Waals surface area (Å²) in [6.45, 7) is 2.21. The standard InChI is InChI=1S/C12H14FN/c1-2-9-3-4-10(7-9)11-5-6-12(13)14-8-11/h4-6,8-9H,2-3,7H2,1H3. The van der Waals surface area contributed by atoms with E-state index in [0.29, 0.717) is 0 Å². The first-order valence-electron chi connectivity index (χ1n) is 5.10. The normalized spacial score (nSPS) is 21.0. The molecule has 74 valence electrons. The predicted octanol–water partition coefficient (Wildman–Crippen LogP) is 3.42. The van der Waals surface area contributed by atoms with E-state index in [0.717, 1.165) is 24.3 Å². The van der Waals surface area contributed by atoms with Gasteiger partial charge in [-0.2, -0.15) is 4.39 Å². The zero-order valence-corrected chi connectivity index (χ0v) is 8.33. The van der Waals surface area contributed by atoms with Crippen molar-refractivity contribution in [2.75, 3.05) is 0 Å². The van der Waals surface area contributed by atoms with Gasteiger partial charge in [-0.05, 0) is 42.0 Å². The molecule has 0 saturated carbocycles. The van der Waals surface area contributed by atoms with Gasteiger partial charge in [-0.25, -0.2) is 4.98 Å². The van der Waals surface area contributed by atoms with E-state index in [1.807, 2.05) is 6.07 Å². The quantitative estimate of drug-likeness (QED) is 0.653. The zero-order chi connectivity index (χ0) is 9.97. The average molecular weight is 191 g/mol. The second kappa shape index (κ2) is 3.91. The van der Waals surface area contributed by atoms with Crippen LogP contribution >= 0.6 is 0 Å². The molecule has 0 N–H and O–H groups in total. The molecule has 0 amide bonds. The highest BCUT2D eigenvalue weighted by molar-refractivity contribution is 5.66. The molecule has 1 aliphatic rings. The Balaban J connectivity index is 2.13. The number of nitrogens with zero attached hydrogens (tertiary/aromatic N) is 1. The van der Waals surface area contributed by atoms with Crippen LogP contribution in [-0.4, -0.2) is 4.98 Å². The van der Waals surface area contributed by atoms with Crippen molar-refractivity contribution in [1.82, 2.24) is 4.98 Å². The lowest BCUT2D eigenvalue weighted by molar-refractivity contribution is 0.554. The van der Waals surface area contributed by atoms with E-state index in [-0.39, 0.29) is 0 Å². The van der Waals surface area contributed by atoms with Crippen LogP contribution in [0.3, 0.4) is 0 Å². The number of halogens is 1. The molecule has 0 spiro atoms. The van der Waals surface area contributed by atoms with Crippen molar-refractivity contribution >= 4 is 5.57 Å². The molecule has 0 radical (unpaired) electrons. The second-order valence-electron chi connectivity index (χ2n) is 3.81. The van der Waals surface area contributed by atoms with Crippen molar-refractivity contribution in [2.45, 2.75) is 26.2 Å². The highest BCUT2D eigenvalue weighted by Gasteiger charge is 2.16. The van der Waals surface area contributed by atoms with E-state index in [1.54, 1.807) is 6.20 Å². The highest BCUT2D eigenvalue weighted by Crippen LogP contribution is 2.33. The van der Waals surface area contributed by atoms with Crippen LogP contribution in [0.4, 0.5) is 4.39 Å². The van der Waals surface area contributed by atoms with Crippen LogP contribution in [0.1, 0.15) is 31.7 Å². The van der Waals surface area contributed by atoms with Crippen molar-refractivity contribution in [3.8, 4) is 0 Å². The minimum atomic E-state index is -0.403. The first-order chi connectivity index (χ1) is 6.79. The lowest BCUT2D eigenvalue weighted by Gasteiger charge is -2.06. The summed E-state index contributed by atoms with van der Waals surface area (Å²) in [5.41, 5.74) is 2.40. The van der Waals surface area contributed by atoms with Crippen LogP contribution in [0.2, 0.25) is 0 Å². The van der Waals surface area contributed by atoms with E-state index in [9.17, 15) is 4.39 Å². The van der Waals surface area contributed by atoms with Gasteiger partial charge in [-0.15, -0.1) is 0 Å². The van der Waals surface area contributed by atoms with Gasteiger partial charge in [0, 0.05) is 6.20 Å². The summed E-state index contributed by atoms with van der Waals surface area (Å²) < 4.78 is 12.6. The third-order valence-corrected chi connectivity index (χ3v) is 2.88. The van der Waals surface area contributed by atoms with Crippen molar-refractivity contribution in [3.05, 3.63) is 35.9 Å². The summed E-state index contributed by atoms with van der Waals surface area (Å²) in [6, 6.07) is 3.24.